The van der Waals surface area contributed by atoms with Gasteiger partial charge < -0.3 is 15.2 Å². The van der Waals surface area contributed by atoms with E-state index in [0.29, 0.717) is 6.54 Å². The molecule has 0 aliphatic rings. The number of unbranched alkanes of at least 4 members (excludes halogenated alkanes) is 1. The monoisotopic (exact) mass is 396 g/mol. The Bertz CT molecular complexity index is 883. The van der Waals surface area contributed by atoms with Crippen molar-refractivity contribution in [3.05, 3.63) is 58.4 Å². The molecule has 0 saturated heterocycles. The second-order valence-corrected chi connectivity index (χ2v) is 7.72. The first-order chi connectivity index (χ1) is 13.7. The fourth-order valence-corrected chi connectivity index (χ4v) is 3.83. The molecule has 148 valence electrons. The maximum atomic E-state index is 4.51. The molecule has 3 rings (SSSR count). The van der Waals surface area contributed by atoms with Gasteiger partial charge >= 0.3 is 0 Å². The summed E-state index contributed by atoms with van der Waals surface area (Å²) in [5, 5.41) is 6.78. The molecule has 1 aromatic carbocycles. The van der Waals surface area contributed by atoms with Crippen molar-refractivity contribution in [2.24, 2.45) is 4.99 Å². The predicted octanol–water partition coefficient (Wildman–Crippen LogP) is 3.87. The van der Waals surface area contributed by atoms with E-state index in [-0.39, 0.29) is 0 Å². The zero-order valence-electron chi connectivity index (χ0n) is 16.8. The minimum absolute atomic E-state index is 0.672. The van der Waals surface area contributed by atoms with Crippen molar-refractivity contribution in [2.75, 3.05) is 20.6 Å². The first kappa shape index (κ1) is 20.1. The van der Waals surface area contributed by atoms with E-state index in [2.05, 4.69) is 47.7 Å². The number of nitrogens with one attached hydrogen (secondary N) is 2. The van der Waals surface area contributed by atoms with Crippen LogP contribution in [0.4, 0.5) is 0 Å². The van der Waals surface area contributed by atoms with Crippen molar-refractivity contribution < 1.29 is 0 Å². The number of aromatic nitrogens is 3. The van der Waals surface area contributed by atoms with Gasteiger partial charge in [0.2, 0.25) is 0 Å². The molecule has 0 radical (unpaired) electrons. The number of aryl methyl sites for hydroxylation is 2. The molecule has 0 saturated carbocycles. The van der Waals surface area contributed by atoms with Crippen LogP contribution in [0.2, 0.25) is 0 Å². The van der Waals surface area contributed by atoms with Crippen molar-refractivity contribution in [3.8, 4) is 11.3 Å². The zero-order valence-corrected chi connectivity index (χ0v) is 17.6. The van der Waals surface area contributed by atoms with Gasteiger partial charge in [-0.25, -0.2) is 9.97 Å². The van der Waals surface area contributed by atoms with Crippen LogP contribution in [0.5, 0.6) is 0 Å². The lowest BCUT2D eigenvalue weighted by atomic mass is 10.2. The number of guanidine groups is 1. The summed E-state index contributed by atoms with van der Waals surface area (Å²) >= 11 is 1.75. The van der Waals surface area contributed by atoms with Gasteiger partial charge in [0.1, 0.15) is 5.82 Å². The number of benzene rings is 1. The van der Waals surface area contributed by atoms with Gasteiger partial charge in [0.15, 0.2) is 5.96 Å². The van der Waals surface area contributed by atoms with Crippen molar-refractivity contribution in [1.29, 1.82) is 0 Å². The number of rotatable bonds is 8. The number of hydrogen-bond donors (Lipinski definition) is 2. The van der Waals surface area contributed by atoms with Crippen LogP contribution in [0, 0.1) is 6.92 Å². The number of aromatic amines is 1. The number of H-pyrrole nitrogens is 1. The Morgan fingerprint density at radius 2 is 2.07 bits per heavy atom. The van der Waals surface area contributed by atoms with Crippen LogP contribution < -0.4 is 5.32 Å². The fraction of sp³-hybridized carbons (Fsp3) is 0.381. The van der Waals surface area contributed by atoms with Crippen molar-refractivity contribution in [3.63, 3.8) is 0 Å². The SMILES string of the molecule is CN=C(NCCCCc1nc(C)cs1)N(C)Cc1ncc(-c2ccccc2)[nH]1. The molecule has 7 heteroatoms. The molecule has 3 aromatic rings. The number of hydrogen-bond acceptors (Lipinski definition) is 4. The highest BCUT2D eigenvalue weighted by molar-refractivity contribution is 7.09. The molecule has 0 atom stereocenters. The second-order valence-electron chi connectivity index (χ2n) is 6.78. The number of nitrogens with zero attached hydrogens (tertiary/aromatic N) is 4. The molecule has 2 N–H and O–H groups in total. The van der Waals surface area contributed by atoms with E-state index < -0.39 is 0 Å². The first-order valence-electron chi connectivity index (χ1n) is 9.58. The molecule has 2 heterocycles. The van der Waals surface area contributed by atoms with Gasteiger partial charge in [-0.15, -0.1) is 11.3 Å². The Morgan fingerprint density at radius 3 is 2.79 bits per heavy atom. The van der Waals surface area contributed by atoms with Gasteiger partial charge in [-0.3, -0.25) is 4.99 Å². The molecule has 6 nitrogen and oxygen atoms in total. The summed E-state index contributed by atoms with van der Waals surface area (Å²) in [4.78, 5) is 18.9. The zero-order chi connectivity index (χ0) is 19.8. The summed E-state index contributed by atoms with van der Waals surface area (Å²) in [6.45, 7) is 3.61. The van der Waals surface area contributed by atoms with E-state index >= 15 is 0 Å². The number of thiazole rings is 1. The molecule has 2 aromatic heterocycles. The minimum atomic E-state index is 0.672. The molecule has 0 aliphatic heterocycles. The van der Waals surface area contributed by atoms with E-state index in [4.69, 9.17) is 0 Å². The molecule has 0 amide bonds. The van der Waals surface area contributed by atoms with E-state index in [9.17, 15) is 0 Å². The lowest BCUT2D eigenvalue weighted by Crippen LogP contribution is -2.39. The van der Waals surface area contributed by atoms with Gasteiger partial charge in [-0.2, -0.15) is 0 Å². The Morgan fingerprint density at radius 1 is 1.25 bits per heavy atom. The van der Waals surface area contributed by atoms with Crippen LogP contribution in [0.3, 0.4) is 0 Å². The van der Waals surface area contributed by atoms with Crippen LogP contribution in [-0.4, -0.2) is 46.5 Å². The van der Waals surface area contributed by atoms with Crippen LogP contribution in [0.1, 0.15) is 29.4 Å². The third-order valence-electron chi connectivity index (χ3n) is 4.44. The second kappa shape index (κ2) is 10.0. The third-order valence-corrected chi connectivity index (χ3v) is 5.47. The van der Waals surface area contributed by atoms with Crippen LogP contribution in [0.15, 0.2) is 46.9 Å². The Labute approximate surface area is 170 Å². The number of imidazole rings is 1. The average molecular weight is 397 g/mol. The Balaban J connectivity index is 1.43. The van der Waals surface area contributed by atoms with Crippen LogP contribution in [-0.2, 0) is 13.0 Å². The van der Waals surface area contributed by atoms with Gasteiger partial charge in [0.25, 0.3) is 0 Å². The lowest BCUT2D eigenvalue weighted by molar-refractivity contribution is 0.462. The maximum absolute atomic E-state index is 4.51. The fourth-order valence-electron chi connectivity index (χ4n) is 3.01. The maximum Gasteiger partial charge on any atom is 0.193 e. The molecule has 28 heavy (non-hydrogen) atoms. The van der Waals surface area contributed by atoms with Gasteiger partial charge in [-0.1, -0.05) is 30.3 Å². The molecule has 0 fully saturated rings. The highest BCUT2D eigenvalue weighted by Crippen LogP contribution is 2.16. The predicted molar refractivity (Wildman–Crippen MR) is 117 cm³/mol. The smallest absolute Gasteiger partial charge is 0.193 e. The number of aliphatic imine (C=N–C) groups is 1. The highest BCUT2D eigenvalue weighted by Gasteiger charge is 2.09. The normalized spacial score (nSPS) is 11.6. The Hall–Kier alpha value is -2.67. The first-order valence-corrected chi connectivity index (χ1v) is 10.5. The highest BCUT2D eigenvalue weighted by atomic mass is 32.1. The van der Waals surface area contributed by atoms with E-state index in [1.165, 1.54) is 5.01 Å². The van der Waals surface area contributed by atoms with Crippen molar-refractivity contribution >= 4 is 17.3 Å². The summed E-state index contributed by atoms with van der Waals surface area (Å²) in [5.74, 6) is 1.80. The van der Waals surface area contributed by atoms with Crippen molar-refractivity contribution in [1.82, 2.24) is 25.2 Å². The third kappa shape index (κ3) is 5.66. The molecule has 0 unspecified atom stereocenters. The van der Waals surface area contributed by atoms with Gasteiger partial charge in [0, 0.05) is 31.7 Å². The molecule has 0 bridgehead atoms. The largest absolute Gasteiger partial charge is 0.356 e. The standard InChI is InChI=1S/C21H28N6S/c1-16-15-28-20(25-16)11-7-8-12-23-21(22-2)27(3)14-19-24-13-18(26-19)17-9-5-4-6-10-17/h4-6,9-10,13,15H,7-8,11-12,14H2,1-3H3,(H,22,23)(H,24,26). The molecule has 0 aliphatic carbocycles. The summed E-state index contributed by atoms with van der Waals surface area (Å²) in [6, 6.07) is 10.2. The molecule has 0 spiro atoms. The van der Waals surface area contributed by atoms with Gasteiger partial charge in [-0.05, 0) is 31.7 Å². The lowest BCUT2D eigenvalue weighted by Gasteiger charge is -2.21. The topological polar surface area (TPSA) is 69.2 Å². The van der Waals surface area contributed by atoms with E-state index in [0.717, 1.165) is 54.5 Å². The summed E-state index contributed by atoms with van der Waals surface area (Å²) < 4.78 is 0. The van der Waals surface area contributed by atoms with Crippen LogP contribution >= 0.6 is 11.3 Å². The van der Waals surface area contributed by atoms with Gasteiger partial charge in [0.05, 0.1) is 23.4 Å². The van der Waals surface area contributed by atoms with Crippen molar-refractivity contribution in [2.45, 2.75) is 32.7 Å². The summed E-state index contributed by atoms with van der Waals surface area (Å²) in [6.07, 6.45) is 5.14. The van der Waals surface area contributed by atoms with E-state index in [1.807, 2.05) is 45.4 Å². The Kier molecular flexibility index (Phi) is 7.19. The van der Waals surface area contributed by atoms with E-state index in [1.54, 1.807) is 11.3 Å². The minimum Gasteiger partial charge on any atom is -0.356 e. The quantitative estimate of drug-likeness (QED) is 0.344. The molecular formula is C21H28N6S. The average Bonchev–Trinajstić information content (AvgIpc) is 3.34. The van der Waals surface area contributed by atoms with Crippen LogP contribution in [0.25, 0.3) is 11.3 Å². The molecular weight excluding hydrogens is 368 g/mol. The summed E-state index contributed by atoms with van der Waals surface area (Å²) in [7, 11) is 3.84. The summed E-state index contributed by atoms with van der Waals surface area (Å²) in [5.41, 5.74) is 3.29.